The number of ether oxygens (including phenoxy) is 6. The summed E-state index contributed by atoms with van der Waals surface area (Å²) in [7, 11) is 6.56. The van der Waals surface area contributed by atoms with Crippen molar-refractivity contribution in [3.63, 3.8) is 0 Å². The fourth-order valence-corrected chi connectivity index (χ4v) is 4.32. The monoisotopic (exact) mass is 386 g/mol. The van der Waals surface area contributed by atoms with E-state index in [0.717, 1.165) is 34.4 Å². The second kappa shape index (κ2) is 7.00. The Balaban J connectivity index is 2.15. The Morgan fingerprint density at radius 1 is 0.821 bits per heavy atom. The van der Waals surface area contributed by atoms with Crippen molar-refractivity contribution in [3.05, 3.63) is 23.3 Å². The fraction of sp³-hybridized carbons (Fsp3) is 0.455. The topological polar surface area (TPSA) is 55.4 Å². The van der Waals surface area contributed by atoms with Crippen LogP contribution in [0.25, 0.3) is 11.1 Å². The predicted octanol–water partition coefficient (Wildman–Crippen LogP) is 4.41. The van der Waals surface area contributed by atoms with E-state index in [1.807, 2.05) is 0 Å². The van der Waals surface area contributed by atoms with Crippen LogP contribution in [0.5, 0.6) is 34.5 Å². The van der Waals surface area contributed by atoms with E-state index in [9.17, 15) is 0 Å². The molecule has 0 amide bonds. The van der Waals surface area contributed by atoms with Gasteiger partial charge in [0.1, 0.15) is 0 Å². The van der Waals surface area contributed by atoms with Gasteiger partial charge >= 0.3 is 0 Å². The van der Waals surface area contributed by atoms with Crippen LogP contribution in [0, 0.1) is 5.92 Å². The maximum atomic E-state index is 5.86. The van der Waals surface area contributed by atoms with Crippen LogP contribution in [0.3, 0.4) is 0 Å². The van der Waals surface area contributed by atoms with Gasteiger partial charge in [-0.3, -0.25) is 0 Å². The average Bonchev–Trinajstić information content (AvgIpc) is 3.14. The molecule has 0 radical (unpaired) electrons. The first-order valence-corrected chi connectivity index (χ1v) is 9.38. The van der Waals surface area contributed by atoms with Crippen LogP contribution in [0.15, 0.2) is 12.1 Å². The Labute approximate surface area is 165 Å². The van der Waals surface area contributed by atoms with E-state index in [-0.39, 0.29) is 12.7 Å². The lowest BCUT2D eigenvalue weighted by molar-refractivity contribution is 0.171. The van der Waals surface area contributed by atoms with Gasteiger partial charge in [0.05, 0.1) is 28.4 Å². The zero-order valence-electron chi connectivity index (χ0n) is 17.2. The van der Waals surface area contributed by atoms with Gasteiger partial charge in [-0.25, -0.2) is 0 Å². The molecule has 0 bridgehead atoms. The molecule has 1 heterocycles. The molecule has 150 valence electrons. The summed E-state index contributed by atoms with van der Waals surface area (Å²) < 4.78 is 34.3. The van der Waals surface area contributed by atoms with Gasteiger partial charge in [0.15, 0.2) is 23.0 Å². The second-order valence-corrected chi connectivity index (χ2v) is 7.26. The summed E-state index contributed by atoms with van der Waals surface area (Å²) in [6.07, 6.45) is 0.881. The predicted molar refractivity (Wildman–Crippen MR) is 105 cm³/mol. The molecule has 0 saturated carbocycles. The molecule has 4 rings (SSSR count). The van der Waals surface area contributed by atoms with Gasteiger partial charge in [0.2, 0.25) is 18.3 Å². The molecule has 2 aromatic carbocycles. The zero-order chi connectivity index (χ0) is 20.0. The first-order chi connectivity index (χ1) is 13.5. The van der Waals surface area contributed by atoms with Gasteiger partial charge in [-0.15, -0.1) is 0 Å². The van der Waals surface area contributed by atoms with E-state index in [2.05, 4.69) is 26.0 Å². The van der Waals surface area contributed by atoms with Gasteiger partial charge < -0.3 is 28.4 Å². The van der Waals surface area contributed by atoms with Gasteiger partial charge in [0.25, 0.3) is 0 Å². The Morgan fingerprint density at radius 2 is 1.54 bits per heavy atom. The highest BCUT2D eigenvalue weighted by Crippen LogP contribution is 2.58. The van der Waals surface area contributed by atoms with Crippen LogP contribution in [-0.2, 0) is 6.42 Å². The summed E-state index contributed by atoms with van der Waals surface area (Å²) in [5, 5.41) is 0. The fourth-order valence-electron chi connectivity index (χ4n) is 4.32. The molecule has 2 unspecified atom stereocenters. The van der Waals surface area contributed by atoms with E-state index in [1.54, 1.807) is 28.4 Å². The highest BCUT2D eigenvalue weighted by molar-refractivity contribution is 5.89. The maximum absolute atomic E-state index is 5.86. The molecule has 0 fully saturated rings. The molecule has 0 aromatic heterocycles. The van der Waals surface area contributed by atoms with Crippen LogP contribution in [0.1, 0.15) is 30.9 Å². The summed E-state index contributed by atoms with van der Waals surface area (Å²) in [6.45, 7) is 4.67. The molecule has 2 aromatic rings. The first-order valence-electron chi connectivity index (χ1n) is 9.38. The maximum Gasteiger partial charge on any atom is 0.231 e. The van der Waals surface area contributed by atoms with Crippen molar-refractivity contribution in [1.82, 2.24) is 0 Å². The molecule has 0 spiro atoms. The van der Waals surface area contributed by atoms with E-state index in [0.29, 0.717) is 34.7 Å². The Hall–Kier alpha value is -2.76. The molecule has 6 heteroatoms. The van der Waals surface area contributed by atoms with Crippen molar-refractivity contribution < 1.29 is 28.4 Å². The lowest BCUT2D eigenvalue weighted by atomic mass is 9.85. The minimum atomic E-state index is 0.191. The van der Waals surface area contributed by atoms with Crippen molar-refractivity contribution in [1.29, 1.82) is 0 Å². The zero-order valence-corrected chi connectivity index (χ0v) is 17.2. The molecule has 2 atom stereocenters. The molecule has 6 nitrogen and oxygen atoms in total. The highest BCUT2D eigenvalue weighted by Gasteiger charge is 2.36. The standard InChI is InChI=1S/C22H26O6/c1-11-7-13-8-16-20(28-10-27-16)21(25-5)17(13)18-14(12(11)2)9-15(23-3)19(24-4)22(18)26-6/h8-9,11-12H,7,10H2,1-6H3. The van der Waals surface area contributed by atoms with Gasteiger partial charge in [-0.05, 0) is 41.5 Å². The van der Waals surface area contributed by atoms with Gasteiger partial charge in [0, 0.05) is 11.1 Å². The number of methoxy groups -OCH3 is 4. The van der Waals surface area contributed by atoms with Crippen LogP contribution < -0.4 is 28.4 Å². The molecule has 1 aliphatic heterocycles. The molecule has 2 aliphatic rings. The van der Waals surface area contributed by atoms with Crippen molar-refractivity contribution in [2.24, 2.45) is 5.92 Å². The van der Waals surface area contributed by atoms with Crippen LogP contribution in [0.2, 0.25) is 0 Å². The van der Waals surface area contributed by atoms with Crippen LogP contribution in [-0.4, -0.2) is 35.2 Å². The SMILES string of the molecule is COc1cc2c(c(OC)c1OC)-c1c(cc3c(c1OC)OCO3)CC(C)C2C. The first kappa shape index (κ1) is 18.6. The van der Waals surface area contributed by atoms with Crippen molar-refractivity contribution in [3.8, 4) is 45.6 Å². The lowest BCUT2D eigenvalue weighted by Gasteiger charge is -2.24. The van der Waals surface area contributed by atoms with E-state index >= 15 is 0 Å². The minimum Gasteiger partial charge on any atom is -0.493 e. The summed E-state index contributed by atoms with van der Waals surface area (Å²) in [5.41, 5.74) is 4.21. The van der Waals surface area contributed by atoms with E-state index in [1.165, 1.54) is 0 Å². The minimum absolute atomic E-state index is 0.191. The highest BCUT2D eigenvalue weighted by atomic mass is 16.7. The quantitative estimate of drug-likeness (QED) is 0.776. The number of benzene rings is 2. The average molecular weight is 386 g/mol. The molecular formula is C22H26O6. The summed E-state index contributed by atoms with van der Waals surface area (Å²) >= 11 is 0. The third-order valence-corrected chi connectivity index (χ3v) is 5.90. The van der Waals surface area contributed by atoms with Crippen molar-refractivity contribution in [2.45, 2.75) is 26.2 Å². The Morgan fingerprint density at radius 3 is 2.18 bits per heavy atom. The second-order valence-electron chi connectivity index (χ2n) is 7.26. The van der Waals surface area contributed by atoms with Crippen LogP contribution in [0.4, 0.5) is 0 Å². The smallest absolute Gasteiger partial charge is 0.231 e. The third-order valence-electron chi connectivity index (χ3n) is 5.90. The largest absolute Gasteiger partial charge is 0.493 e. The Bertz CT molecular complexity index is 920. The molecule has 0 N–H and O–H groups in total. The van der Waals surface area contributed by atoms with E-state index < -0.39 is 0 Å². The number of hydrogen-bond donors (Lipinski definition) is 0. The normalized spacial score (nSPS) is 19.4. The molecular weight excluding hydrogens is 360 g/mol. The molecule has 0 saturated heterocycles. The van der Waals surface area contributed by atoms with Crippen LogP contribution >= 0.6 is 0 Å². The van der Waals surface area contributed by atoms with Crippen molar-refractivity contribution >= 4 is 0 Å². The number of hydrogen-bond acceptors (Lipinski definition) is 6. The van der Waals surface area contributed by atoms with E-state index in [4.69, 9.17) is 28.4 Å². The summed E-state index contributed by atoms with van der Waals surface area (Å²) in [5.74, 6) is 4.54. The molecule has 1 aliphatic carbocycles. The molecule has 28 heavy (non-hydrogen) atoms. The van der Waals surface area contributed by atoms with Crippen molar-refractivity contribution in [2.75, 3.05) is 35.2 Å². The summed E-state index contributed by atoms with van der Waals surface area (Å²) in [6, 6.07) is 4.12. The Kier molecular flexibility index (Phi) is 4.65. The van der Waals surface area contributed by atoms with Gasteiger partial charge in [-0.2, -0.15) is 0 Å². The van der Waals surface area contributed by atoms with Gasteiger partial charge in [-0.1, -0.05) is 13.8 Å². The third kappa shape index (κ3) is 2.54. The number of rotatable bonds is 4. The summed E-state index contributed by atoms with van der Waals surface area (Å²) in [4.78, 5) is 0. The lowest BCUT2D eigenvalue weighted by Crippen LogP contribution is -2.08. The number of fused-ring (bicyclic) bond motifs is 4.